The Morgan fingerprint density at radius 2 is 1.85 bits per heavy atom. The summed E-state index contributed by atoms with van der Waals surface area (Å²) in [7, 11) is 1.71. The third-order valence-corrected chi connectivity index (χ3v) is 6.48. The molecule has 1 aromatic rings. The highest BCUT2D eigenvalue weighted by atomic mass is 19.1. The van der Waals surface area contributed by atoms with Gasteiger partial charge >= 0.3 is 6.03 Å². The van der Waals surface area contributed by atoms with Crippen LogP contribution < -0.4 is 5.32 Å². The Morgan fingerprint density at radius 1 is 1.15 bits per heavy atom. The molecule has 0 aromatic heterocycles. The van der Waals surface area contributed by atoms with Gasteiger partial charge < -0.3 is 15.1 Å². The highest BCUT2D eigenvalue weighted by Crippen LogP contribution is 2.29. The van der Waals surface area contributed by atoms with E-state index in [0.29, 0.717) is 19.5 Å². The number of amides is 4. The van der Waals surface area contributed by atoms with Crippen molar-refractivity contribution in [1.29, 1.82) is 0 Å². The van der Waals surface area contributed by atoms with E-state index in [2.05, 4.69) is 12.2 Å². The number of piperazine rings is 1. The molecule has 9 heteroatoms. The Kier molecular flexibility index (Phi) is 8.88. The SMILES string of the molecule is CCCCCCN1CC2N(C(=O)CN(C)N2C(=O)NCc2ccc(F)cc2)[C@@H](CC(C)C)C1=O. The Bertz CT molecular complexity index is 863. The van der Waals surface area contributed by atoms with Gasteiger partial charge in [-0.1, -0.05) is 52.2 Å². The van der Waals surface area contributed by atoms with E-state index in [1.54, 1.807) is 34.1 Å². The predicted molar refractivity (Wildman–Crippen MR) is 128 cm³/mol. The monoisotopic (exact) mass is 475 g/mol. The van der Waals surface area contributed by atoms with Crippen molar-refractivity contribution in [3.63, 3.8) is 0 Å². The number of benzene rings is 1. The van der Waals surface area contributed by atoms with E-state index in [1.807, 2.05) is 18.7 Å². The zero-order chi connectivity index (χ0) is 24.8. The molecule has 34 heavy (non-hydrogen) atoms. The number of hydrogen-bond acceptors (Lipinski definition) is 4. The third-order valence-electron chi connectivity index (χ3n) is 6.48. The molecule has 0 aliphatic carbocycles. The first kappa shape index (κ1) is 25.9. The molecule has 2 heterocycles. The van der Waals surface area contributed by atoms with Crippen LogP contribution in [0, 0.1) is 11.7 Å². The summed E-state index contributed by atoms with van der Waals surface area (Å²) in [5, 5.41) is 6.07. The summed E-state index contributed by atoms with van der Waals surface area (Å²) in [6.45, 7) is 7.40. The van der Waals surface area contributed by atoms with Crippen LogP contribution in [0.3, 0.4) is 0 Å². The number of nitrogens with zero attached hydrogens (tertiary/aromatic N) is 4. The minimum atomic E-state index is -0.571. The van der Waals surface area contributed by atoms with Gasteiger partial charge in [0.2, 0.25) is 11.8 Å². The number of fused-ring (bicyclic) bond motifs is 1. The Hall–Kier alpha value is -2.68. The zero-order valence-corrected chi connectivity index (χ0v) is 20.8. The summed E-state index contributed by atoms with van der Waals surface area (Å²) in [6.07, 6.45) is 4.17. The molecule has 3 rings (SSSR count). The largest absolute Gasteiger partial charge is 0.337 e. The minimum Gasteiger partial charge on any atom is -0.337 e. The maximum atomic E-state index is 13.4. The van der Waals surface area contributed by atoms with Gasteiger partial charge in [0.25, 0.3) is 0 Å². The van der Waals surface area contributed by atoms with E-state index < -0.39 is 12.2 Å². The van der Waals surface area contributed by atoms with Crippen LogP contribution in [-0.4, -0.2) is 76.6 Å². The molecule has 4 amide bonds. The van der Waals surface area contributed by atoms with Gasteiger partial charge in [0.1, 0.15) is 18.0 Å². The van der Waals surface area contributed by atoms with E-state index in [1.165, 1.54) is 12.1 Å². The molecule has 8 nitrogen and oxygen atoms in total. The van der Waals surface area contributed by atoms with Gasteiger partial charge in [0.15, 0.2) is 0 Å². The van der Waals surface area contributed by atoms with Crippen LogP contribution in [0.4, 0.5) is 9.18 Å². The average Bonchev–Trinajstić information content (AvgIpc) is 2.78. The second-order valence-electron chi connectivity index (χ2n) is 9.72. The summed E-state index contributed by atoms with van der Waals surface area (Å²) in [4.78, 5) is 43.2. The number of carbonyl (C=O) groups is 3. The van der Waals surface area contributed by atoms with Gasteiger partial charge in [0, 0.05) is 20.1 Å². The normalized spacial score (nSPS) is 21.3. The number of unbranched alkanes of at least 4 members (excludes halogenated alkanes) is 3. The number of likely N-dealkylation sites (N-methyl/N-ethyl adjacent to an activating group) is 1. The standard InChI is InChI=1S/C25H38FN5O3/c1-5-6-7-8-13-29-16-22-30(21(24(29)33)14-18(2)3)23(32)17-28(4)31(22)25(34)27-15-19-9-11-20(26)12-10-19/h9-12,18,21-22H,5-8,13-17H2,1-4H3,(H,27,34)/t21-,22?/m0/s1. The maximum Gasteiger partial charge on any atom is 0.334 e. The molecular weight excluding hydrogens is 437 g/mol. The van der Waals surface area contributed by atoms with Crippen LogP contribution in [-0.2, 0) is 16.1 Å². The highest BCUT2D eigenvalue weighted by Gasteiger charge is 2.50. The molecule has 0 spiro atoms. The van der Waals surface area contributed by atoms with Gasteiger partial charge in [-0.15, -0.1) is 0 Å². The molecule has 1 N–H and O–H groups in total. The second kappa shape index (κ2) is 11.6. The van der Waals surface area contributed by atoms with Crippen molar-refractivity contribution in [3.8, 4) is 0 Å². The third kappa shape index (κ3) is 6.05. The van der Waals surface area contributed by atoms with Gasteiger partial charge in [-0.3, -0.25) is 9.59 Å². The van der Waals surface area contributed by atoms with Gasteiger partial charge in [-0.2, -0.15) is 0 Å². The fraction of sp³-hybridized carbons (Fsp3) is 0.640. The van der Waals surface area contributed by atoms with Gasteiger partial charge in [-0.25, -0.2) is 19.2 Å². The Balaban J connectivity index is 1.80. The Morgan fingerprint density at radius 3 is 2.50 bits per heavy atom. The number of rotatable bonds is 9. The molecule has 2 saturated heterocycles. The topological polar surface area (TPSA) is 76.2 Å². The zero-order valence-electron chi connectivity index (χ0n) is 20.8. The fourth-order valence-corrected chi connectivity index (χ4v) is 4.77. The first-order chi connectivity index (χ1) is 16.2. The van der Waals surface area contributed by atoms with Crippen LogP contribution >= 0.6 is 0 Å². The summed E-state index contributed by atoms with van der Waals surface area (Å²) in [6, 6.07) is 5.04. The molecule has 2 fully saturated rings. The van der Waals surface area contributed by atoms with Crippen molar-refractivity contribution in [1.82, 2.24) is 25.1 Å². The molecule has 2 aliphatic heterocycles. The number of carbonyl (C=O) groups excluding carboxylic acids is 3. The van der Waals surface area contributed by atoms with Gasteiger partial charge in [0.05, 0.1) is 13.1 Å². The van der Waals surface area contributed by atoms with E-state index >= 15 is 0 Å². The van der Waals surface area contributed by atoms with Crippen molar-refractivity contribution in [3.05, 3.63) is 35.6 Å². The minimum absolute atomic E-state index is 0.0222. The van der Waals surface area contributed by atoms with E-state index in [0.717, 1.165) is 31.2 Å². The number of halogens is 1. The molecule has 1 aromatic carbocycles. The van der Waals surface area contributed by atoms with E-state index in [4.69, 9.17) is 0 Å². The second-order valence-corrected chi connectivity index (χ2v) is 9.72. The van der Waals surface area contributed by atoms with Gasteiger partial charge in [-0.05, 0) is 36.5 Å². The van der Waals surface area contributed by atoms with Crippen LogP contribution in [0.5, 0.6) is 0 Å². The van der Waals surface area contributed by atoms with Crippen LogP contribution in [0.25, 0.3) is 0 Å². The number of urea groups is 1. The molecule has 2 atom stereocenters. The van der Waals surface area contributed by atoms with Crippen molar-refractivity contribution < 1.29 is 18.8 Å². The van der Waals surface area contributed by atoms with Crippen molar-refractivity contribution in [2.45, 2.75) is 71.6 Å². The molecular formula is C25H38FN5O3. The van der Waals surface area contributed by atoms with E-state index in [-0.39, 0.29) is 42.7 Å². The molecule has 188 valence electrons. The lowest BCUT2D eigenvalue weighted by atomic mass is 9.97. The number of hydrogen-bond donors (Lipinski definition) is 1. The average molecular weight is 476 g/mol. The summed E-state index contributed by atoms with van der Waals surface area (Å²) in [5.74, 6) is -0.268. The first-order valence-electron chi connectivity index (χ1n) is 12.3. The molecule has 0 bridgehead atoms. The molecule has 1 unspecified atom stereocenters. The molecule has 0 radical (unpaired) electrons. The Labute approximate surface area is 202 Å². The maximum absolute atomic E-state index is 13.4. The van der Waals surface area contributed by atoms with Crippen LogP contribution in [0.1, 0.15) is 58.4 Å². The van der Waals surface area contributed by atoms with Crippen molar-refractivity contribution in [2.24, 2.45) is 5.92 Å². The van der Waals surface area contributed by atoms with Crippen molar-refractivity contribution in [2.75, 3.05) is 26.7 Å². The summed E-state index contributed by atoms with van der Waals surface area (Å²) in [5.41, 5.74) is 0.774. The lowest BCUT2D eigenvalue weighted by Crippen LogP contribution is -2.76. The number of hydrazine groups is 1. The first-order valence-corrected chi connectivity index (χ1v) is 12.3. The highest BCUT2D eigenvalue weighted by molar-refractivity contribution is 5.91. The predicted octanol–water partition coefficient (Wildman–Crippen LogP) is 3.19. The summed E-state index contributed by atoms with van der Waals surface area (Å²) < 4.78 is 13.2. The van der Waals surface area contributed by atoms with Crippen LogP contribution in [0.15, 0.2) is 24.3 Å². The van der Waals surface area contributed by atoms with E-state index in [9.17, 15) is 18.8 Å². The van der Waals surface area contributed by atoms with Crippen molar-refractivity contribution >= 4 is 17.8 Å². The lowest BCUT2D eigenvalue weighted by molar-refractivity contribution is -0.188. The van der Waals surface area contributed by atoms with Crippen LogP contribution in [0.2, 0.25) is 0 Å². The lowest BCUT2D eigenvalue weighted by Gasteiger charge is -2.54. The molecule has 0 saturated carbocycles. The molecule has 2 aliphatic rings. The fourth-order valence-electron chi connectivity index (χ4n) is 4.77. The summed E-state index contributed by atoms with van der Waals surface area (Å²) >= 11 is 0. The smallest absolute Gasteiger partial charge is 0.334 e. The number of nitrogens with one attached hydrogen (secondary N) is 1. The quantitative estimate of drug-likeness (QED) is 0.557.